The quantitative estimate of drug-likeness (QED) is 0.436. The minimum absolute atomic E-state index is 0.146. The van der Waals surface area contributed by atoms with Gasteiger partial charge in [0.2, 0.25) is 21.8 Å². The van der Waals surface area contributed by atoms with Crippen molar-refractivity contribution in [3.05, 3.63) is 65.7 Å². The smallest absolute Gasteiger partial charge is 0.242 e. The van der Waals surface area contributed by atoms with Gasteiger partial charge in [0.15, 0.2) is 0 Å². The average Bonchev–Trinajstić information content (AvgIpc) is 2.82. The number of benzene rings is 2. The van der Waals surface area contributed by atoms with E-state index in [1.807, 2.05) is 31.2 Å². The van der Waals surface area contributed by atoms with Crippen LogP contribution in [-0.4, -0.2) is 55.6 Å². The van der Waals surface area contributed by atoms with E-state index in [4.69, 9.17) is 0 Å². The Hall–Kier alpha value is -2.71. The van der Waals surface area contributed by atoms with Crippen molar-refractivity contribution in [3.63, 3.8) is 0 Å². The first-order valence-corrected chi connectivity index (χ1v) is 13.2. The molecule has 1 N–H and O–H groups in total. The second-order valence-corrected chi connectivity index (χ2v) is 10.6. The maximum atomic E-state index is 13.2. The molecular weight excluding hydrogens is 450 g/mol. The van der Waals surface area contributed by atoms with Gasteiger partial charge in [0.25, 0.3) is 0 Å². The van der Waals surface area contributed by atoms with E-state index in [2.05, 4.69) is 12.2 Å². The first-order valence-electron chi connectivity index (χ1n) is 11.8. The standard InChI is InChI=1S/C26H37N3O4S/c1-5-6-17-27-26(31)22(3)29(20-23-13-10-12-21(2)19-23)25(30)16-11-18-28(4)34(32,33)24-14-8-7-9-15-24/h7-10,12-15,19,22H,5-6,11,16-18,20H2,1-4H3,(H,27,31). The SMILES string of the molecule is CCCCNC(=O)C(C)N(Cc1cccc(C)c1)C(=O)CCCN(C)S(=O)(=O)c1ccccc1. The molecule has 8 heteroatoms. The van der Waals surface area contributed by atoms with Gasteiger partial charge in [-0.05, 0) is 44.4 Å². The molecule has 2 rings (SSSR count). The van der Waals surface area contributed by atoms with Crippen LogP contribution in [-0.2, 0) is 26.2 Å². The third-order valence-electron chi connectivity index (χ3n) is 5.75. The summed E-state index contributed by atoms with van der Waals surface area (Å²) in [6, 6.07) is 15.5. The number of hydrogen-bond acceptors (Lipinski definition) is 4. The van der Waals surface area contributed by atoms with Crippen molar-refractivity contribution < 1.29 is 18.0 Å². The molecule has 0 bridgehead atoms. The second kappa shape index (κ2) is 13.2. The molecular formula is C26H37N3O4S. The zero-order valence-electron chi connectivity index (χ0n) is 20.7. The number of carbonyl (C=O) groups is 2. The van der Waals surface area contributed by atoms with Crippen LogP contribution >= 0.6 is 0 Å². The first-order chi connectivity index (χ1) is 16.2. The molecule has 0 saturated carbocycles. The van der Waals surface area contributed by atoms with Gasteiger partial charge >= 0.3 is 0 Å². The molecule has 2 amide bonds. The average molecular weight is 488 g/mol. The highest BCUT2D eigenvalue weighted by molar-refractivity contribution is 7.89. The minimum Gasteiger partial charge on any atom is -0.354 e. The molecule has 0 radical (unpaired) electrons. The van der Waals surface area contributed by atoms with Crippen molar-refractivity contribution >= 4 is 21.8 Å². The zero-order valence-corrected chi connectivity index (χ0v) is 21.5. The topological polar surface area (TPSA) is 86.8 Å². The molecule has 7 nitrogen and oxygen atoms in total. The second-order valence-electron chi connectivity index (χ2n) is 8.57. The fraction of sp³-hybridized carbons (Fsp3) is 0.462. The molecule has 0 heterocycles. The largest absolute Gasteiger partial charge is 0.354 e. The maximum Gasteiger partial charge on any atom is 0.242 e. The Balaban J connectivity index is 2.06. The van der Waals surface area contributed by atoms with Gasteiger partial charge in [0.05, 0.1) is 4.90 Å². The van der Waals surface area contributed by atoms with E-state index < -0.39 is 16.1 Å². The number of aryl methyl sites for hydroxylation is 1. The van der Waals surface area contributed by atoms with Gasteiger partial charge in [0, 0.05) is 33.1 Å². The van der Waals surface area contributed by atoms with Crippen LogP contribution in [0.4, 0.5) is 0 Å². The van der Waals surface area contributed by atoms with Gasteiger partial charge in [-0.2, -0.15) is 0 Å². The lowest BCUT2D eigenvalue weighted by atomic mass is 10.1. The summed E-state index contributed by atoms with van der Waals surface area (Å²) in [6.07, 6.45) is 2.36. The van der Waals surface area contributed by atoms with E-state index in [0.717, 1.165) is 24.0 Å². The Morgan fingerprint density at radius 3 is 2.38 bits per heavy atom. The van der Waals surface area contributed by atoms with E-state index in [9.17, 15) is 18.0 Å². The summed E-state index contributed by atoms with van der Waals surface area (Å²) in [5.41, 5.74) is 2.03. The van der Waals surface area contributed by atoms with E-state index in [1.54, 1.807) is 42.2 Å². The van der Waals surface area contributed by atoms with Gasteiger partial charge in [0.1, 0.15) is 6.04 Å². The number of hydrogen-bond donors (Lipinski definition) is 1. The van der Waals surface area contributed by atoms with Crippen molar-refractivity contribution in [3.8, 4) is 0 Å². The summed E-state index contributed by atoms with van der Waals surface area (Å²) >= 11 is 0. The highest BCUT2D eigenvalue weighted by atomic mass is 32.2. The lowest BCUT2D eigenvalue weighted by Gasteiger charge is -2.29. The van der Waals surface area contributed by atoms with Crippen molar-refractivity contribution in [1.29, 1.82) is 0 Å². The molecule has 0 aliphatic carbocycles. The maximum absolute atomic E-state index is 13.2. The highest BCUT2D eigenvalue weighted by Gasteiger charge is 2.26. The van der Waals surface area contributed by atoms with Crippen LogP contribution in [0.1, 0.15) is 50.7 Å². The molecule has 2 aromatic rings. The normalized spacial score (nSPS) is 12.4. The lowest BCUT2D eigenvalue weighted by Crippen LogP contribution is -2.47. The van der Waals surface area contributed by atoms with Crippen LogP contribution < -0.4 is 5.32 Å². The zero-order chi connectivity index (χ0) is 25.1. The van der Waals surface area contributed by atoms with E-state index in [0.29, 0.717) is 19.5 Å². The van der Waals surface area contributed by atoms with Gasteiger partial charge in [-0.15, -0.1) is 0 Å². The fourth-order valence-electron chi connectivity index (χ4n) is 3.62. The molecule has 0 spiro atoms. The Kier molecular flexibility index (Phi) is 10.7. The molecule has 1 unspecified atom stereocenters. The van der Waals surface area contributed by atoms with Gasteiger partial charge in [-0.1, -0.05) is 61.4 Å². The van der Waals surface area contributed by atoms with Crippen LogP contribution in [0.25, 0.3) is 0 Å². The van der Waals surface area contributed by atoms with Gasteiger partial charge < -0.3 is 10.2 Å². The van der Waals surface area contributed by atoms with Gasteiger partial charge in [-0.3, -0.25) is 9.59 Å². The number of rotatable bonds is 13. The third-order valence-corrected chi connectivity index (χ3v) is 7.62. The van der Waals surface area contributed by atoms with Crippen LogP contribution in [0.2, 0.25) is 0 Å². The van der Waals surface area contributed by atoms with E-state index in [1.165, 1.54) is 11.4 Å². The molecule has 0 aromatic heterocycles. The first kappa shape index (κ1) is 27.5. The number of amides is 2. The Morgan fingerprint density at radius 1 is 1.03 bits per heavy atom. The van der Waals surface area contributed by atoms with Crippen molar-refractivity contribution in [2.24, 2.45) is 0 Å². The molecule has 0 saturated heterocycles. The number of nitrogens with zero attached hydrogens (tertiary/aromatic N) is 2. The van der Waals surface area contributed by atoms with E-state index in [-0.39, 0.29) is 29.7 Å². The summed E-state index contributed by atoms with van der Waals surface area (Å²) in [4.78, 5) is 27.7. The number of sulfonamides is 1. The minimum atomic E-state index is -3.61. The van der Waals surface area contributed by atoms with Gasteiger partial charge in [-0.25, -0.2) is 12.7 Å². The predicted molar refractivity (Wildman–Crippen MR) is 135 cm³/mol. The number of carbonyl (C=O) groups excluding carboxylic acids is 2. The van der Waals surface area contributed by atoms with Crippen molar-refractivity contribution in [2.45, 2.75) is 63.9 Å². The molecule has 2 aromatic carbocycles. The molecule has 1 atom stereocenters. The Morgan fingerprint density at radius 2 is 1.74 bits per heavy atom. The van der Waals surface area contributed by atoms with Crippen LogP contribution in [0.15, 0.2) is 59.5 Å². The molecule has 34 heavy (non-hydrogen) atoms. The molecule has 0 aliphatic rings. The molecule has 186 valence electrons. The highest BCUT2D eigenvalue weighted by Crippen LogP contribution is 2.16. The number of nitrogens with one attached hydrogen (secondary N) is 1. The van der Waals surface area contributed by atoms with E-state index >= 15 is 0 Å². The van der Waals surface area contributed by atoms with Crippen LogP contribution in [0.5, 0.6) is 0 Å². The van der Waals surface area contributed by atoms with Crippen LogP contribution in [0.3, 0.4) is 0 Å². The fourth-order valence-corrected chi connectivity index (χ4v) is 4.85. The summed E-state index contributed by atoms with van der Waals surface area (Å²) < 4.78 is 26.7. The predicted octanol–water partition coefficient (Wildman–Crippen LogP) is 3.73. The summed E-state index contributed by atoms with van der Waals surface area (Å²) in [5, 5.41) is 2.91. The molecule has 0 aliphatic heterocycles. The third kappa shape index (κ3) is 7.95. The lowest BCUT2D eigenvalue weighted by molar-refractivity contribution is -0.140. The van der Waals surface area contributed by atoms with Crippen molar-refractivity contribution in [2.75, 3.05) is 20.1 Å². The Bertz CT molecular complexity index is 1040. The summed E-state index contributed by atoms with van der Waals surface area (Å²) in [5.74, 6) is -0.358. The summed E-state index contributed by atoms with van der Waals surface area (Å²) in [7, 11) is -2.09. The van der Waals surface area contributed by atoms with Crippen molar-refractivity contribution in [1.82, 2.24) is 14.5 Å². The summed E-state index contributed by atoms with van der Waals surface area (Å²) in [6.45, 7) is 6.88. The molecule has 0 fully saturated rings. The monoisotopic (exact) mass is 487 g/mol. The van der Waals surface area contributed by atoms with Crippen LogP contribution in [0, 0.1) is 6.92 Å². The Labute approximate surface area is 204 Å². The number of unbranched alkanes of at least 4 members (excludes halogenated alkanes) is 1.